The summed E-state index contributed by atoms with van der Waals surface area (Å²) in [4.78, 5) is 0. The summed E-state index contributed by atoms with van der Waals surface area (Å²) in [6.45, 7) is 0. The first kappa shape index (κ1) is 20.3. The molecule has 3 aliphatic carbocycles. The van der Waals surface area contributed by atoms with Crippen LogP contribution in [0.25, 0.3) is 64.6 Å². The summed E-state index contributed by atoms with van der Waals surface area (Å²) >= 11 is 0. The lowest BCUT2D eigenvalue weighted by Crippen LogP contribution is -1.88. The zero-order chi connectivity index (χ0) is 25.2. The molecule has 39 heavy (non-hydrogen) atoms. The molecular formula is C39H24. The fourth-order valence-corrected chi connectivity index (χ4v) is 8.22. The molecule has 0 amide bonds. The molecular weight excluding hydrogens is 468 g/mol. The third kappa shape index (κ3) is 2.46. The normalized spacial score (nSPS) is 13.8. The molecule has 0 saturated heterocycles. The Hall–Kier alpha value is -4.68. The van der Waals surface area contributed by atoms with E-state index in [1.54, 1.807) is 0 Å². The second-order valence-electron chi connectivity index (χ2n) is 11.5. The summed E-state index contributed by atoms with van der Waals surface area (Å²) in [5.41, 5.74) is 8.90. The van der Waals surface area contributed by atoms with Crippen molar-refractivity contribution in [3.8, 4) is 0 Å². The van der Waals surface area contributed by atoms with Crippen LogP contribution in [0.2, 0.25) is 0 Å². The number of fused-ring (bicyclic) bond motifs is 3. The van der Waals surface area contributed by atoms with Crippen molar-refractivity contribution in [2.75, 3.05) is 0 Å². The van der Waals surface area contributed by atoms with Crippen LogP contribution in [0.15, 0.2) is 109 Å². The Balaban J connectivity index is 1.52. The average molecular weight is 493 g/mol. The van der Waals surface area contributed by atoms with Gasteiger partial charge < -0.3 is 0 Å². The van der Waals surface area contributed by atoms with Gasteiger partial charge in [0.25, 0.3) is 0 Å². The van der Waals surface area contributed by atoms with E-state index in [2.05, 4.69) is 109 Å². The minimum atomic E-state index is 0.987. The van der Waals surface area contributed by atoms with Gasteiger partial charge in [-0.2, -0.15) is 0 Å². The van der Waals surface area contributed by atoms with E-state index in [1.807, 2.05) is 0 Å². The van der Waals surface area contributed by atoms with E-state index < -0.39 is 0 Å². The maximum Gasteiger partial charge on any atom is -0.000111 e. The van der Waals surface area contributed by atoms with E-state index in [-0.39, 0.29) is 0 Å². The molecule has 10 rings (SSSR count). The molecule has 0 heterocycles. The van der Waals surface area contributed by atoms with Gasteiger partial charge in [0.2, 0.25) is 0 Å². The van der Waals surface area contributed by atoms with Crippen LogP contribution in [-0.4, -0.2) is 0 Å². The molecule has 0 nitrogen and oxygen atoms in total. The summed E-state index contributed by atoms with van der Waals surface area (Å²) in [5.74, 6) is 0. The Bertz CT molecular complexity index is 1970. The number of rotatable bonds is 0. The molecule has 0 fully saturated rings. The standard InChI is InChI=1S/C39H24/c1-7-22-23-8-2-15-30-31-16-5-11-26-27-12-6-18-33(39(27)21-38(26)31)32-17-4-10-25-24-9-3-14-29(36(24)20-37(25)32)28(13-1)34(22)19-35(23)30/h1-18H,19-21H2. The highest BCUT2D eigenvalue weighted by Crippen LogP contribution is 2.45. The minimum Gasteiger partial charge on any atom is -0.0610 e. The first-order chi connectivity index (χ1) is 19.3. The molecule has 0 radical (unpaired) electrons. The van der Waals surface area contributed by atoms with Gasteiger partial charge in [0.1, 0.15) is 0 Å². The van der Waals surface area contributed by atoms with Crippen molar-refractivity contribution in [1.29, 1.82) is 0 Å². The van der Waals surface area contributed by atoms with Crippen molar-refractivity contribution in [2.45, 2.75) is 19.3 Å². The van der Waals surface area contributed by atoms with Crippen molar-refractivity contribution >= 4 is 64.6 Å². The van der Waals surface area contributed by atoms with Gasteiger partial charge >= 0.3 is 0 Å². The lowest BCUT2D eigenvalue weighted by atomic mass is 9.96. The van der Waals surface area contributed by atoms with Gasteiger partial charge in [-0.15, -0.1) is 0 Å². The molecule has 0 saturated carbocycles. The zero-order valence-corrected chi connectivity index (χ0v) is 21.5. The van der Waals surface area contributed by atoms with E-state index in [0.717, 1.165) is 19.3 Å². The van der Waals surface area contributed by atoms with Crippen molar-refractivity contribution < 1.29 is 0 Å². The zero-order valence-electron chi connectivity index (χ0n) is 21.5. The van der Waals surface area contributed by atoms with E-state index in [0.29, 0.717) is 0 Å². The molecule has 0 atom stereocenters. The highest BCUT2D eigenvalue weighted by atomic mass is 14.3. The van der Waals surface area contributed by atoms with Crippen molar-refractivity contribution in [2.24, 2.45) is 0 Å². The third-order valence-corrected chi connectivity index (χ3v) is 9.86. The van der Waals surface area contributed by atoms with E-state index in [9.17, 15) is 0 Å². The smallest absolute Gasteiger partial charge is 0.000111 e. The molecule has 0 unspecified atom stereocenters. The van der Waals surface area contributed by atoms with Crippen molar-refractivity contribution in [3.63, 3.8) is 0 Å². The second-order valence-corrected chi connectivity index (χ2v) is 11.5. The van der Waals surface area contributed by atoms with Gasteiger partial charge in [-0.3, -0.25) is 0 Å². The minimum absolute atomic E-state index is 0.987. The topological polar surface area (TPSA) is 0 Å². The van der Waals surface area contributed by atoms with Crippen LogP contribution in [0.4, 0.5) is 0 Å². The van der Waals surface area contributed by atoms with Crippen LogP contribution in [0.3, 0.4) is 0 Å². The predicted octanol–water partition coefficient (Wildman–Crippen LogP) is 10.0. The summed E-state index contributed by atoms with van der Waals surface area (Å²) < 4.78 is 0. The molecule has 0 aromatic heterocycles. The number of benzene rings is 6. The van der Waals surface area contributed by atoms with Crippen LogP contribution in [0, 0.1) is 0 Å². The van der Waals surface area contributed by atoms with Gasteiger partial charge in [0.05, 0.1) is 0 Å². The SMILES string of the molecule is c1cc2c3c(c1)c1cccc4c1Cc1c4cccc1c1cccc4c1Cc1c4cccc1c1cccc2c1C3. The van der Waals surface area contributed by atoms with Crippen molar-refractivity contribution in [3.05, 3.63) is 143 Å². The lowest BCUT2D eigenvalue weighted by molar-refractivity contribution is 1.30. The molecule has 0 spiro atoms. The van der Waals surface area contributed by atoms with Crippen LogP contribution >= 0.6 is 0 Å². The molecule has 0 aliphatic heterocycles. The summed E-state index contributed by atoms with van der Waals surface area (Å²) in [5, 5.41) is 16.8. The highest BCUT2D eigenvalue weighted by Gasteiger charge is 2.24. The molecule has 3 aliphatic rings. The largest absolute Gasteiger partial charge is 0.0610 e. The first-order valence-electron chi connectivity index (χ1n) is 14.1. The highest BCUT2D eigenvalue weighted by molar-refractivity contribution is 6.13. The Morgan fingerprint density at radius 3 is 0.462 bits per heavy atom. The van der Waals surface area contributed by atoms with E-state index >= 15 is 0 Å². The van der Waals surface area contributed by atoms with Crippen LogP contribution in [0.1, 0.15) is 33.4 Å². The Morgan fingerprint density at radius 2 is 0.333 bits per heavy atom. The lowest BCUT2D eigenvalue weighted by Gasteiger charge is -2.07. The summed E-state index contributed by atoms with van der Waals surface area (Å²) in [7, 11) is 0. The van der Waals surface area contributed by atoms with Gasteiger partial charge in [-0.05, 0) is 117 Å². The Morgan fingerprint density at radius 1 is 0.205 bits per heavy atom. The fourth-order valence-electron chi connectivity index (χ4n) is 8.22. The second kappa shape index (κ2) is 7.04. The molecule has 18 bridgehead atoms. The van der Waals surface area contributed by atoms with E-state index in [1.165, 1.54) is 98.0 Å². The van der Waals surface area contributed by atoms with Crippen LogP contribution in [0.5, 0.6) is 0 Å². The van der Waals surface area contributed by atoms with E-state index in [4.69, 9.17) is 0 Å². The number of hydrogen-bond donors (Lipinski definition) is 0. The maximum absolute atomic E-state index is 2.36. The Kier molecular flexibility index (Phi) is 3.66. The van der Waals surface area contributed by atoms with Crippen molar-refractivity contribution in [1.82, 2.24) is 0 Å². The molecule has 0 N–H and O–H groups in total. The quantitative estimate of drug-likeness (QED) is 0.198. The Labute approximate surface area is 226 Å². The van der Waals surface area contributed by atoms with Gasteiger partial charge in [0, 0.05) is 0 Å². The molecule has 180 valence electrons. The first-order valence-corrected chi connectivity index (χ1v) is 14.1. The van der Waals surface area contributed by atoms with Crippen LogP contribution < -0.4 is 0 Å². The van der Waals surface area contributed by atoms with Gasteiger partial charge in [-0.25, -0.2) is 0 Å². The number of hydrogen-bond acceptors (Lipinski definition) is 0. The summed E-state index contributed by atoms with van der Waals surface area (Å²) in [6, 6.07) is 41.8. The fraction of sp³-hybridized carbons (Fsp3) is 0.0769. The average Bonchev–Trinajstić information content (AvgIpc) is 3.67. The third-order valence-electron chi connectivity index (χ3n) is 9.86. The maximum atomic E-state index is 2.36. The van der Waals surface area contributed by atoms with Gasteiger partial charge in [0.15, 0.2) is 0 Å². The summed E-state index contributed by atoms with van der Waals surface area (Å²) in [6.07, 6.45) is 2.96. The monoisotopic (exact) mass is 492 g/mol. The molecule has 0 heteroatoms. The van der Waals surface area contributed by atoms with Crippen LogP contribution in [-0.2, 0) is 19.3 Å². The predicted molar refractivity (Wildman–Crippen MR) is 166 cm³/mol. The van der Waals surface area contributed by atoms with Gasteiger partial charge in [-0.1, -0.05) is 109 Å². The molecule has 7 aromatic rings. The molecule has 7 aromatic carbocycles.